The Hall–Kier alpha value is -1.42. The van der Waals surface area contributed by atoms with Gasteiger partial charge in [-0.3, -0.25) is 4.79 Å². The van der Waals surface area contributed by atoms with Gasteiger partial charge in [-0.25, -0.2) is 4.39 Å². The van der Waals surface area contributed by atoms with E-state index in [-0.39, 0.29) is 29.1 Å². The highest BCUT2D eigenvalue weighted by atomic mass is 19.1. The Kier molecular flexibility index (Phi) is 4.22. The third-order valence-corrected chi connectivity index (χ3v) is 5.53. The molecule has 4 heteroatoms. The average Bonchev–Trinajstić information content (AvgIpc) is 3.22. The predicted molar refractivity (Wildman–Crippen MR) is 84.8 cm³/mol. The summed E-state index contributed by atoms with van der Waals surface area (Å²) in [5, 5.41) is 3.38. The quantitative estimate of drug-likeness (QED) is 0.927. The zero-order valence-electron chi connectivity index (χ0n) is 13.4. The average molecular weight is 304 g/mol. The second-order valence-corrected chi connectivity index (χ2v) is 6.72. The van der Waals surface area contributed by atoms with Crippen molar-refractivity contribution < 1.29 is 9.18 Å². The maximum absolute atomic E-state index is 13.1. The number of piperidine rings is 1. The van der Waals surface area contributed by atoms with Crippen LogP contribution < -0.4 is 5.32 Å². The van der Waals surface area contributed by atoms with Gasteiger partial charge in [-0.1, -0.05) is 12.1 Å². The number of halogens is 1. The standard InChI is InChI=1S/C18H25FN2O/c1-3-21(13(2)14-4-6-15(19)7-5-14)17(22)16-12-18(16)8-10-20-11-9-18/h4-7,13,16,20H,3,8-12H2,1-2H3. The van der Waals surface area contributed by atoms with Crippen molar-refractivity contribution in [2.75, 3.05) is 19.6 Å². The summed E-state index contributed by atoms with van der Waals surface area (Å²) in [6.45, 7) is 6.82. The molecule has 0 aromatic heterocycles. The van der Waals surface area contributed by atoms with E-state index in [1.165, 1.54) is 12.1 Å². The van der Waals surface area contributed by atoms with Crippen LogP contribution in [0.2, 0.25) is 0 Å². The molecule has 1 aromatic carbocycles. The first-order valence-electron chi connectivity index (χ1n) is 8.34. The van der Waals surface area contributed by atoms with Crippen molar-refractivity contribution in [1.29, 1.82) is 0 Å². The van der Waals surface area contributed by atoms with Crippen molar-refractivity contribution in [3.05, 3.63) is 35.6 Å². The van der Waals surface area contributed by atoms with Crippen molar-refractivity contribution in [1.82, 2.24) is 10.2 Å². The van der Waals surface area contributed by atoms with Gasteiger partial charge >= 0.3 is 0 Å². The van der Waals surface area contributed by atoms with E-state index in [2.05, 4.69) is 5.32 Å². The molecule has 0 bridgehead atoms. The van der Waals surface area contributed by atoms with E-state index in [4.69, 9.17) is 0 Å². The summed E-state index contributed by atoms with van der Waals surface area (Å²) in [6.07, 6.45) is 3.28. The summed E-state index contributed by atoms with van der Waals surface area (Å²) in [6, 6.07) is 6.50. The van der Waals surface area contributed by atoms with E-state index in [0.717, 1.165) is 37.9 Å². The first-order chi connectivity index (χ1) is 10.6. The lowest BCUT2D eigenvalue weighted by molar-refractivity contribution is -0.135. The van der Waals surface area contributed by atoms with Gasteiger partial charge in [0.15, 0.2) is 0 Å². The number of hydrogen-bond donors (Lipinski definition) is 1. The third-order valence-electron chi connectivity index (χ3n) is 5.53. The monoisotopic (exact) mass is 304 g/mol. The van der Waals surface area contributed by atoms with Gasteiger partial charge in [-0.15, -0.1) is 0 Å². The Labute approximate surface area is 131 Å². The molecule has 1 saturated heterocycles. The van der Waals surface area contributed by atoms with Gasteiger partial charge in [0.2, 0.25) is 5.91 Å². The SMILES string of the molecule is CCN(C(=O)C1CC12CCNCC2)C(C)c1ccc(F)cc1. The fraction of sp³-hybridized carbons (Fsp3) is 0.611. The normalized spacial score (nSPS) is 24.0. The number of rotatable bonds is 4. The summed E-state index contributed by atoms with van der Waals surface area (Å²) >= 11 is 0. The topological polar surface area (TPSA) is 32.3 Å². The van der Waals surface area contributed by atoms with Crippen molar-refractivity contribution in [3.8, 4) is 0 Å². The smallest absolute Gasteiger partial charge is 0.226 e. The zero-order chi connectivity index (χ0) is 15.7. The van der Waals surface area contributed by atoms with Crippen molar-refractivity contribution in [2.24, 2.45) is 11.3 Å². The van der Waals surface area contributed by atoms with Gasteiger partial charge in [0.1, 0.15) is 5.82 Å². The number of hydrogen-bond acceptors (Lipinski definition) is 2. The molecule has 1 amide bonds. The van der Waals surface area contributed by atoms with E-state index in [1.54, 1.807) is 12.1 Å². The molecular formula is C18H25FN2O. The zero-order valence-corrected chi connectivity index (χ0v) is 13.4. The lowest BCUT2D eigenvalue weighted by Crippen LogP contribution is -2.38. The minimum Gasteiger partial charge on any atom is -0.336 e. The highest BCUT2D eigenvalue weighted by Crippen LogP contribution is 2.59. The molecule has 1 aliphatic heterocycles. The van der Waals surface area contributed by atoms with Crippen molar-refractivity contribution in [3.63, 3.8) is 0 Å². The van der Waals surface area contributed by atoms with E-state index in [0.29, 0.717) is 6.54 Å². The van der Waals surface area contributed by atoms with Crippen LogP contribution >= 0.6 is 0 Å². The highest BCUT2D eigenvalue weighted by molar-refractivity contribution is 5.83. The maximum atomic E-state index is 13.1. The number of amides is 1. The van der Waals surface area contributed by atoms with Crippen LogP contribution in [0.25, 0.3) is 0 Å². The molecule has 22 heavy (non-hydrogen) atoms. The Morgan fingerprint density at radius 3 is 2.59 bits per heavy atom. The number of benzene rings is 1. The summed E-state index contributed by atoms with van der Waals surface area (Å²) in [4.78, 5) is 14.9. The second kappa shape index (κ2) is 5.99. The van der Waals surface area contributed by atoms with Crippen LogP contribution in [0.15, 0.2) is 24.3 Å². The molecule has 2 fully saturated rings. The lowest BCUT2D eigenvalue weighted by Gasteiger charge is -2.31. The summed E-state index contributed by atoms with van der Waals surface area (Å²) in [5.74, 6) is 0.236. The first kappa shape index (κ1) is 15.5. The maximum Gasteiger partial charge on any atom is 0.226 e. The highest BCUT2D eigenvalue weighted by Gasteiger charge is 2.58. The van der Waals surface area contributed by atoms with Crippen LogP contribution in [-0.2, 0) is 4.79 Å². The molecule has 1 aliphatic carbocycles. The molecule has 1 N–H and O–H groups in total. The minimum absolute atomic E-state index is 0.00235. The van der Waals surface area contributed by atoms with Gasteiger partial charge < -0.3 is 10.2 Å². The van der Waals surface area contributed by atoms with Gasteiger partial charge in [0.25, 0.3) is 0 Å². The fourth-order valence-corrected chi connectivity index (χ4v) is 3.92. The molecule has 1 heterocycles. The summed E-state index contributed by atoms with van der Waals surface area (Å²) in [7, 11) is 0. The molecule has 3 nitrogen and oxygen atoms in total. The number of carbonyl (C=O) groups excluding carboxylic acids is 1. The van der Waals surface area contributed by atoms with Crippen LogP contribution in [-0.4, -0.2) is 30.4 Å². The first-order valence-corrected chi connectivity index (χ1v) is 8.34. The molecule has 1 saturated carbocycles. The largest absolute Gasteiger partial charge is 0.336 e. The summed E-state index contributed by atoms with van der Waals surface area (Å²) in [5.41, 5.74) is 1.26. The van der Waals surface area contributed by atoms with Gasteiger partial charge in [0, 0.05) is 12.5 Å². The van der Waals surface area contributed by atoms with E-state index in [1.807, 2.05) is 18.7 Å². The predicted octanol–water partition coefficient (Wildman–Crippen LogP) is 3.12. The summed E-state index contributed by atoms with van der Waals surface area (Å²) < 4.78 is 13.1. The minimum atomic E-state index is -0.235. The number of nitrogens with one attached hydrogen (secondary N) is 1. The van der Waals surface area contributed by atoms with Crippen LogP contribution in [0.1, 0.15) is 44.7 Å². The van der Waals surface area contributed by atoms with Crippen LogP contribution in [0, 0.1) is 17.2 Å². The lowest BCUT2D eigenvalue weighted by atomic mass is 9.91. The van der Waals surface area contributed by atoms with Crippen molar-refractivity contribution >= 4 is 5.91 Å². The third kappa shape index (κ3) is 2.76. The molecule has 1 aromatic rings. The molecular weight excluding hydrogens is 279 g/mol. The van der Waals surface area contributed by atoms with E-state index < -0.39 is 0 Å². The molecule has 2 unspecified atom stereocenters. The van der Waals surface area contributed by atoms with Crippen LogP contribution in [0.4, 0.5) is 4.39 Å². The molecule has 2 aliphatic rings. The van der Waals surface area contributed by atoms with Crippen LogP contribution in [0.3, 0.4) is 0 Å². The molecule has 2 atom stereocenters. The van der Waals surface area contributed by atoms with Gasteiger partial charge in [-0.2, -0.15) is 0 Å². The van der Waals surface area contributed by atoms with E-state index >= 15 is 0 Å². The second-order valence-electron chi connectivity index (χ2n) is 6.72. The Morgan fingerprint density at radius 1 is 1.36 bits per heavy atom. The molecule has 3 rings (SSSR count). The number of nitrogens with zero attached hydrogens (tertiary/aromatic N) is 1. The number of carbonyl (C=O) groups is 1. The molecule has 0 radical (unpaired) electrons. The van der Waals surface area contributed by atoms with Gasteiger partial charge in [-0.05, 0) is 69.3 Å². The molecule has 120 valence electrons. The Bertz CT molecular complexity index is 537. The molecule has 1 spiro atoms. The van der Waals surface area contributed by atoms with Crippen LogP contribution in [0.5, 0.6) is 0 Å². The Balaban J connectivity index is 1.71. The van der Waals surface area contributed by atoms with Gasteiger partial charge in [0.05, 0.1) is 6.04 Å². The fourth-order valence-electron chi connectivity index (χ4n) is 3.92. The van der Waals surface area contributed by atoms with Crippen molar-refractivity contribution in [2.45, 2.75) is 39.2 Å². The van der Waals surface area contributed by atoms with E-state index in [9.17, 15) is 9.18 Å². The Morgan fingerprint density at radius 2 is 2.00 bits per heavy atom.